The fraction of sp³-hybridized carbons (Fsp3) is 0.533. The summed E-state index contributed by atoms with van der Waals surface area (Å²) in [6, 6.07) is 6.63. The summed E-state index contributed by atoms with van der Waals surface area (Å²) in [5.74, 6) is 0.586. The first-order valence-electron chi connectivity index (χ1n) is 6.97. The molecule has 0 aromatic heterocycles. The molecule has 0 bridgehead atoms. The molecule has 1 fully saturated rings. The van der Waals surface area contributed by atoms with E-state index in [1.54, 1.807) is 19.2 Å². The molecule has 0 spiro atoms. The smallest absolute Gasteiger partial charge is 0.193 e. The van der Waals surface area contributed by atoms with Gasteiger partial charge in [0.15, 0.2) is 5.96 Å². The van der Waals surface area contributed by atoms with Crippen molar-refractivity contribution in [2.75, 3.05) is 27.2 Å². The number of ether oxygens (including phenoxy) is 1. The fourth-order valence-corrected chi connectivity index (χ4v) is 2.38. The van der Waals surface area contributed by atoms with Crippen LogP contribution < -0.4 is 5.32 Å². The van der Waals surface area contributed by atoms with Crippen LogP contribution in [-0.4, -0.2) is 44.2 Å². The molecule has 1 aromatic rings. The van der Waals surface area contributed by atoms with E-state index in [-0.39, 0.29) is 11.9 Å². The number of hydrogen-bond donors (Lipinski definition) is 1. The second-order valence-electron chi connectivity index (χ2n) is 5.05. The van der Waals surface area contributed by atoms with Crippen LogP contribution in [0.3, 0.4) is 0 Å². The van der Waals surface area contributed by atoms with Crippen LogP contribution in [-0.2, 0) is 11.3 Å². The average Bonchev–Trinajstić information content (AvgIpc) is 2.92. The molecular weight excluding hydrogens is 257 g/mol. The topological polar surface area (TPSA) is 36.9 Å². The normalized spacial score (nSPS) is 19.1. The lowest BCUT2D eigenvalue weighted by atomic mass is 10.2. The van der Waals surface area contributed by atoms with Crippen LogP contribution in [0.25, 0.3) is 0 Å². The SMILES string of the molecule is CN=C(NCC1CCCO1)N(C)Cc1cccc(F)c1. The molecule has 110 valence electrons. The number of guanidine groups is 1. The number of aliphatic imine (C=N–C) groups is 1. The second-order valence-corrected chi connectivity index (χ2v) is 5.05. The zero-order chi connectivity index (χ0) is 14.4. The van der Waals surface area contributed by atoms with Gasteiger partial charge in [0.05, 0.1) is 6.10 Å². The summed E-state index contributed by atoms with van der Waals surface area (Å²) in [5.41, 5.74) is 0.924. The van der Waals surface area contributed by atoms with Crippen molar-refractivity contribution in [1.82, 2.24) is 10.2 Å². The van der Waals surface area contributed by atoms with Crippen LogP contribution in [0.15, 0.2) is 29.3 Å². The highest BCUT2D eigenvalue weighted by molar-refractivity contribution is 5.79. The van der Waals surface area contributed by atoms with Crippen molar-refractivity contribution < 1.29 is 9.13 Å². The highest BCUT2D eigenvalue weighted by Crippen LogP contribution is 2.11. The Balaban J connectivity index is 1.86. The van der Waals surface area contributed by atoms with Gasteiger partial charge in [-0.2, -0.15) is 0 Å². The summed E-state index contributed by atoms with van der Waals surface area (Å²) in [6.07, 6.45) is 2.50. The van der Waals surface area contributed by atoms with E-state index in [1.807, 2.05) is 18.0 Å². The first-order chi connectivity index (χ1) is 9.69. The standard InChI is InChI=1S/C15H22FN3O/c1-17-15(18-10-14-7-4-8-20-14)19(2)11-12-5-3-6-13(16)9-12/h3,5-6,9,14H,4,7-8,10-11H2,1-2H3,(H,17,18). The van der Waals surface area contributed by atoms with Crippen LogP contribution in [0.2, 0.25) is 0 Å². The summed E-state index contributed by atoms with van der Waals surface area (Å²) in [7, 11) is 3.69. The third-order valence-corrected chi connectivity index (χ3v) is 3.39. The summed E-state index contributed by atoms with van der Waals surface area (Å²) in [4.78, 5) is 6.23. The first-order valence-corrected chi connectivity index (χ1v) is 6.97. The molecule has 5 heteroatoms. The molecule has 1 saturated heterocycles. The van der Waals surface area contributed by atoms with Crippen LogP contribution in [0.5, 0.6) is 0 Å². The molecule has 20 heavy (non-hydrogen) atoms. The van der Waals surface area contributed by atoms with Crippen LogP contribution in [0, 0.1) is 5.82 Å². The predicted octanol–water partition coefficient (Wildman–Crippen LogP) is 2.01. The van der Waals surface area contributed by atoms with Gasteiger partial charge in [0.25, 0.3) is 0 Å². The minimum Gasteiger partial charge on any atom is -0.376 e. The molecule has 1 atom stereocenters. The lowest BCUT2D eigenvalue weighted by Gasteiger charge is -2.23. The lowest BCUT2D eigenvalue weighted by molar-refractivity contribution is 0.113. The van der Waals surface area contributed by atoms with Crippen molar-refractivity contribution >= 4 is 5.96 Å². The molecule has 1 N–H and O–H groups in total. The van der Waals surface area contributed by atoms with Crippen LogP contribution >= 0.6 is 0 Å². The highest BCUT2D eigenvalue weighted by atomic mass is 19.1. The third-order valence-electron chi connectivity index (χ3n) is 3.39. The van der Waals surface area contributed by atoms with Crippen molar-refractivity contribution in [2.24, 2.45) is 4.99 Å². The van der Waals surface area contributed by atoms with Crippen molar-refractivity contribution in [3.8, 4) is 0 Å². The Bertz CT molecular complexity index is 458. The van der Waals surface area contributed by atoms with Gasteiger partial charge in [-0.05, 0) is 30.5 Å². The van der Waals surface area contributed by atoms with Gasteiger partial charge in [-0.15, -0.1) is 0 Å². The minimum absolute atomic E-state index is 0.210. The molecule has 0 radical (unpaired) electrons. The maximum atomic E-state index is 13.2. The molecule has 1 heterocycles. The largest absolute Gasteiger partial charge is 0.376 e. The minimum atomic E-state index is -0.210. The first kappa shape index (κ1) is 14.8. The van der Waals surface area contributed by atoms with Crippen molar-refractivity contribution in [3.05, 3.63) is 35.6 Å². The zero-order valence-corrected chi connectivity index (χ0v) is 12.1. The average molecular weight is 279 g/mol. The van der Waals surface area contributed by atoms with Gasteiger partial charge >= 0.3 is 0 Å². The maximum Gasteiger partial charge on any atom is 0.193 e. The predicted molar refractivity (Wildman–Crippen MR) is 78.2 cm³/mol. The Morgan fingerprint density at radius 3 is 3.05 bits per heavy atom. The maximum absolute atomic E-state index is 13.2. The van der Waals surface area contributed by atoms with Crippen molar-refractivity contribution in [3.63, 3.8) is 0 Å². The van der Waals surface area contributed by atoms with Crippen LogP contribution in [0.4, 0.5) is 4.39 Å². The zero-order valence-electron chi connectivity index (χ0n) is 12.1. The van der Waals surface area contributed by atoms with Gasteiger partial charge in [0.2, 0.25) is 0 Å². The highest BCUT2D eigenvalue weighted by Gasteiger charge is 2.16. The van der Waals surface area contributed by atoms with E-state index in [0.29, 0.717) is 6.54 Å². The second kappa shape index (κ2) is 7.24. The Morgan fingerprint density at radius 1 is 1.55 bits per heavy atom. The van der Waals surface area contributed by atoms with E-state index < -0.39 is 0 Å². The monoisotopic (exact) mass is 279 g/mol. The number of halogens is 1. The molecule has 0 amide bonds. The Morgan fingerprint density at radius 2 is 2.40 bits per heavy atom. The van der Waals surface area contributed by atoms with E-state index in [9.17, 15) is 4.39 Å². The number of benzene rings is 1. The van der Waals surface area contributed by atoms with E-state index in [2.05, 4.69) is 10.3 Å². The van der Waals surface area contributed by atoms with E-state index in [0.717, 1.165) is 37.5 Å². The third kappa shape index (κ3) is 4.20. The molecule has 0 aliphatic carbocycles. The van der Waals surface area contributed by atoms with E-state index >= 15 is 0 Å². The molecule has 1 unspecified atom stereocenters. The fourth-order valence-electron chi connectivity index (χ4n) is 2.38. The molecule has 2 rings (SSSR count). The van der Waals surface area contributed by atoms with Gasteiger partial charge in [-0.3, -0.25) is 4.99 Å². The number of nitrogens with zero attached hydrogens (tertiary/aromatic N) is 2. The van der Waals surface area contributed by atoms with Gasteiger partial charge < -0.3 is 15.0 Å². The quantitative estimate of drug-likeness (QED) is 0.676. The number of nitrogens with one attached hydrogen (secondary N) is 1. The van der Waals surface area contributed by atoms with Crippen LogP contribution in [0.1, 0.15) is 18.4 Å². The van der Waals surface area contributed by atoms with Crippen molar-refractivity contribution in [1.29, 1.82) is 0 Å². The summed E-state index contributed by atoms with van der Waals surface area (Å²) in [6.45, 7) is 2.23. The molecular formula is C15H22FN3O. The van der Waals surface area contributed by atoms with Crippen molar-refractivity contribution in [2.45, 2.75) is 25.5 Å². The summed E-state index contributed by atoms with van der Waals surface area (Å²) >= 11 is 0. The molecule has 0 saturated carbocycles. The van der Waals surface area contributed by atoms with Gasteiger partial charge in [-0.1, -0.05) is 12.1 Å². The molecule has 4 nitrogen and oxygen atoms in total. The van der Waals surface area contributed by atoms with E-state index in [1.165, 1.54) is 6.07 Å². The molecule has 1 aromatic carbocycles. The summed E-state index contributed by atoms with van der Waals surface area (Å²) in [5, 5.41) is 3.30. The summed E-state index contributed by atoms with van der Waals surface area (Å²) < 4.78 is 18.7. The Labute approximate surface area is 119 Å². The molecule has 1 aliphatic rings. The Hall–Kier alpha value is -1.62. The van der Waals surface area contributed by atoms with Gasteiger partial charge in [-0.25, -0.2) is 4.39 Å². The van der Waals surface area contributed by atoms with Gasteiger partial charge in [0, 0.05) is 33.8 Å². The van der Waals surface area contributed by atoms with E-state index in [4.69, 9.17) is 4.74 Å². The Kier molecular flexibility index (Phi) is 5.35. The lowest BCUT2D eigenvalue weighted by Crippen LogP contribution is -2.41. The number of hydrogen-bond acceptors (Lipinski definition) is 2. The molecule has 1 aliphatic heterocycles. The number of rotatable bonds is 4. The van der Waals surface area contributed by atoms with Gasteiger partial charge in [0.1, 0.15) is 5.82 Å².